The number of benzene rings is 1. The predicted octanol–water partition coefficient (Wildman–Crippen LogP) is 0.158. The fraction of sp³-hybridized carbons (Fsp3) is 0.357. The molecule has 0 aromatic heterocycles. The van der Waals surface area contributed by atoms with Crippen molar-refractivity contribution >= 4 is 23.4 Å². The Kier molecular flexibility index (Phi) is 3.69. The van der Waals surface area contributed by atoms with Crippen molar-refractivity contribution in [3.8, 4) is 0 Å². The fourth-order valence-electron chi connectivity index (χ4n) is 2.21. The zero-order valence-corrected chi connectivity index (χ0v) is 12.2. The van der Waals surface area contributed by atoms with E-state index in [1.54, 1.807) is 26.0 Å². The van der Waals surface area contributed by atoms with Crippen LogP contribution < -0.4 is 16.6 Å². The van der Waals surface area contributed by atoms with Crippen molar-refractivity contribution in [3.63, 3.8) is 0 Å². The minimum Gasteiger partial charge on any atom is -0.323 e. The average molecular weight is 290 g/mol. The first-order valence-corrected chi connectivity index (χ1v) is 6.51. The Labute approximate surface area is 122 Å². The van der Waals surface area contributed by atoms with Crippen molar-refractivity contribution in [2.75, 3.05) is 12.0 Å². The number of nitrogens with zero attached hydrogens (tertiary/aromatic N) is 1. The number of hydrogen-bond donors (Lipinski definition) is 3. The number of hydrogen-bond acceptors (Lipinski definition) is 5. The zero-order chi connectivity index (χ0) is 15.8. The molecule has 1 aromatic rings. The van der Waals surface area contributed by atoms with E-state index in [0.29, 0.717) is 11.3 Å². The number of hydrazine groups is 1. The van der Waals surface area contributed by atoms with Gasteiger partial charge in [-0.25, -0.2) is 0 Å². The van der Waals surface area contributed by atoms with Crippen molar-refractivity contribution in [3.05, 3.63) is 29.3 Å². The fourth-order valence-corrected chi connectivity index (χ4v) is 2.21. The quantitative estimate of drug-likeness (QED) is 0.409. The van der Waals surface area contributed by atoms with Crippen LogP contribution in [-0.4, -0.2) is 34.7 Å². The molecule has 7 nitrogen and oxygen atoms in total. The Morgan fingerprint density at radius 1 is 1.38 bits per heavy atom. The van der Waals surface area contributed by atoms with Crippen LogP contribution in [0.1, 0.15) is 29.8 Å². The molecule has 0 aliphatic carbocycles. The van der Waals surface area contributed by atoms with Crippen LogP contribution in [0, 0.1) is 6.92 Å². The standard InChI is InChI=1S/C14H18N4O3/c1-8-4-5-10(17-15)9(6-8)12(20)18-7-11(19)16-13(21)14(18,2)3/h4-6,17H,7,15H2,1-3H3,(H,16,19,21). The molecule has 112 valence electrons. The molecule has 1 aromatic carbocycles. The third-order valence-corrected chi connectivity index (χ3v) is 3.59. The maximum atomic E-state index is 12.7. The maximum absolute atomic E-state index is 12.7. The van der Waals surface area contributed by atoms with Crippen LogP contribution >= 0.6 is 0 Å². The van der Waals surface area contributed by atoms with Gasteiger partial charge in [0.2, 0.25) is 5.91 Å². The van der Waals surface area contributed by atoms with Crippen LogP contribution in [0.5, 0.6) is 0 Å². The molecule has 1 saturated heterocycles. The van der Waals surface area contributed by atoms with Crippen molar-refractivity contribution in [2.45, 2.75) is 26.3 Å². The Hall–Kier alpha value is -2.41. The largest absolute Gasteiger partial charge is 0.323 e. The molecular weight excluding hydrogens is 272 g/mol. The highest BCUT2D eigenvalue weighted by molar-refractivity contribution is 6.10. The average Bonchev–Trinajstić information content (AvgIpc) is 2.42. The number of carbonyl (C=O) groups is 3. The molecule has 21 heavy (non-hydrogen) atoms. The summed E-state index contributed by atoms with van der Waals surface area (Å²) < 4.78 is 0. The third-order valence-electron chi connectivity index (χ3n) is 3.59. The number of nitrogen functional groups attached to an aromatic ring is 1. The van der Waals surface area contributed by atoms with Crippen LogP contribution in [-0.2, 0) is 9.59 Å². The molecular formula is C14H18N4O3. The molecule has 1 fully saturated rings. The lowest BCUT2D eigenvalue weighted by Crippen LogP contribution is -2.65. The van der Waals surface area contributed by atoms with Gasteiger partial charge in [-0.15, -0.1) is 0 Å². The van der Waals surface area contributed by atoms with Gasteiger partial charge in [-0.3, -0.25) is 25.5 Å². The lowest BCUT2D eigenvalue weighted by atomic mass is 9.96. The summed E-state index contributed by atoms with van der Waals surface area (Å²) in [5, 5.41) is 2.23. The highest BCUT2D eigenvalue weighted by atomic mass is 16.2. The van der Waals surface area contributed by atoms with Gasteiger partial charge in [-0.1, -0.05) is 11.6 Å². The summed E-state index contributed by atoms with van der Waals surface area (Å²) in [5.74, 6) is 4.01. The molecule has 0 radical (unpaired) electrons. The lowest BCUT2D eigenvalue weighted by Gasteiger charge is -2.40. The summed E-state index contributed by atoms with van der Waals surface area (Å²) in [6.07, 6.45) is 0. The number of aryl methyl sites for hydroxylation is 1. The molecule has 2 rings (SSSR count). The summed E-state index contributed by atoms with van der Waals surface area (Å²) in [5.41, 5.74) is 3.00. The second-order valence-corrected chi connectivity index (χ2v) is 5.52. The van der Waals surface area contributed by atoms with E-state index >= 15 is 0 Å². The number of nitrogens with one attached hydrogen (secondary N) is 2. The first-order chi connectivity index (χ1) is 9.77. The van der Waals surface area contributed by atoms with E-state index in [4.69, 9.17) is 5.84 Å². The first-order valence-electron chi connectivity index (χ1n) is 6.51. The normalized spacial score (nSPS) is 17.4. The van der Waals surface area contributed by atoms with E-state index in [9.17, 15) is 14.4 Å². The topological polar surface area (TPSA) is 105 Å². The molecule has 3 amide bonds. The Morgan fingerprint density at radius 3 is 2.67 bits per heavy atom. The Bertz CT molecular complexity index is 625. The van der Waals surface area contributed by atoms with Crippen LogP contribution in [0.4, 0.5) is 5.69 Å². The highest BCUT2D eigenvalue weighted by Gasteiger charge is 2.44. The molecule has 0 atom stereocenters. The predicted molar refractivity (Wildman–Crippen MR) is 77.3 cm³/mol. The van der Waals surface area contributed by atoms with E-state index < -0.39 is 23.3 Å². The zero-order valence-electron chi connectivity index (χ0n) is 12.2. The molecule has 0 saturated carbocycles. The highest BCUT2D eigenvalue weighted by Crippen LogP contribution is 2.25. The van der Waals surface area contributed by atoms with Gasteiger partial charge in [0.05, 0.1) is 11.3 Å². The van der Waals surface area contributed by atoms with Crippen LogP contribution in [0.25, 0.3) is 0 Å². The summed E-state index contributed by atoms with van der Waals surface area (Å²) in [4.78, 5) is 37.5. The second-order valence-electron chi connectivity index (χ2n) is 5.52. The number of nitrogens with two attached hydrogens (primary N) is 1. The van der Waals surface area contributed by atoms with Crippen LogP contribution in [0.2, 0.25) is 0 Å². The molecule has 1 aliphatic heterocycles. The van der Waals surface area contributed by atoms with Crippen LogP contribution in [0.3, 0.4) is 0 Å². The molecule has 7 heteroatoms. The second kappa shape index (κ2) is 5.17. The number of imide groups is 1. The monoisotopic (exact) mass is 290 g/mol. The smallest absolute Gasteiger partial charge is 0.257 e. The summed E-state index contributed by atoms with van der Waals surface area (Å²) >= 11 is 0. The van der Waals surface area contributed by atoms with E-state index in [1.165, 1.54) is 4.90 Å². The van der Waals surface area contributed by atoms with Crippen molar-refractivity contribution in [2.24, 2.45) is 5.84 Å². The molecule has 0 bridgehead atoms. The summed E-state index contributed by atoms with van der Waals surface area (Å²) in [6.45, 7) is 4.86. The molecule has 1 heterocycles. The first kappa shape index (κ1) is 15.0. The van der Waals surface area contributed by atoms with Crippen molar-refractivity contribution in [1.29, 1.82) is 0 Å². The number of carbonyl (C=O) groups excluding carboxylic acids is 3. The van der Waals surface area contributed by atoms with E-state index in [-0.39, 0.29) is 6.54 Å². The van der Waals surface area contributed by atoms with E-state index in [2.05, 4.69) is 10.7 Å². The maximum Gasteiger partial charge on any atom is 0.257 e. The third kappa shape index (κ3) is 2.59. The summed E-state index contributed by atoms with van der Waals surface area (Å²) in [6, 6.07) is 5.16. The van der Waals surface area contributed by atoms with Crippen molar-refractivity contribution < 1.29 is 14.4 Å². The number of piperazine rings is 1. The molecule has 0 unspecified atom stereocenters. The number of rotatable bonds is 2. The van der Waals surface area contributed by atoms with Gasteiger partial charge in [0.1, 0.15) is 12.1 Å². The van der Waals surface area contributed by atoms with Gasteiger partial charge in [0.15, 0.2) is 0 Å². The van der Waals surface area contributed by atoms with Gasteiger partial charge in [-0.05, 0) is 32.9 Å². The van der Waals surface area contributed by atoms with Gasteiger partial charge in [0, 0.05) is 0 Å². The van der Waals surface area contributed by atoms with Crippen LogP contribution in [0.15, 0.2) is 18.2 Å². The Morgan fingerprint density at radius 2 is 2.05 bits per heavy atom. The minimum absolute atomic E-state index is 0.171. The SMILES string of the molecule is Cc1ccc(NN)c(C(=O)N2CC(=O)NC(=O)C2(C)C)c1. The number of anilines is 1. The molecule has 4 N–H and O–H groups in total. The van der Waals surface area contributed by atoms with Gasteiger partial charge in [-0.2, -0.15) is 0 Å². The molecule has 1 aliphatic rings. The van der Waals surface area contributed by atoms with Crippen molar-refractivity contribution in [1.82, 2.24) is 10.2 Å². The minimum atomic E-state index is -1.11. The van der Waals surface area contributed by atoms with Gasteiger partial charge >= 0.3 is 0 Å². The van der Waals surface area contributed by atoms with E-state index in [1.807, 2.05) is 13.0 Å². The molecule has 0 spiro atoms. The van der Waals surface area contributed by atoms with Gasteiger partial charge < -0.3 is 10.3 Å². The van der Waals surface area contributed by atoms with Gasteiger partial charge in [0.25, 0.3) is 11.8 Å². The summed E-state index contributed by atoms with van der Waals surface area (Å²) in [7, 11) is 0. The van der Waals surface area contributed by atoms with E-state index in [0.717, 1.165) is 5.56 Å². The Balaban J connectivity index is 2.45. The lowest BCUT2D eigenvalue weighted by molar-refractivity contribution is -0.143. The number of amides is 3.